The average Bonchev–Trinajstić information content (AvgIpc) is 2.98. The average molecular weight is 411 g/mol. The van der Waals surface area contributed by atoms with E-state index in [1.807, 2.05) is 31.2 Å². The molecule has 1 aliphatic rings. The highest BCUT2D eigenvalue weighted by Gasteiger charge is 2.25. The second kappa shape index (κ2) is 10.9. The zero-order valence-corrected chi connectivity index (χ0v) is 16.7. The summed E-state index contributed by atoms with van der Waals surface area (Å²) < 4.78 is 11.0. The van der Waals surface area contributed by atoms with Gasteiger partial charge in [0.1, 0.15) is 10.1 Å². The number of aryl methyl sites for hydroxylation is 1. The summed E-state index contributed by atoms with van der Waals surface area (Å²) in [6, 6.07) is 7.50. The van der Waals surface area contributed by atoms with Crippen LogP contribution in [0.2, 0.25) is 0 Å². The molecule has 0 bridgehead atoms. The second-order valence-electron chi connectivity index (χ2n) is 5.65. The van der Waals surface area contributed by atoms with E-state index in [4.69, 9.17) is 21.7 Å². The molecule has 27 heavy (non-hydrogen) atoms. The molecule has 146 valence electrons. The third-order valence-corrected chi connectivity index (χ3v) is 5.17. The van der Waals surface area contributed by atoms with Crippen molar-refractivity contribution in [1.82, 2.24) is 10.2 Å². The van der Waals surface area contributed by atoms with Crippen LogP contribution in [0.4, 0.5) is 0 Å². The number of carbonyl (C=O) groups excluding carboxylic acids is 3. The zero-order valence-electron chi connectivity index (χ0n) is 15.1. The predicted octanol–water partition coefficient (Wildman–Crippen LogP) is 1.54. The maximum absolute atomic E-state index is 11.8. The monoisotopic (exact) mass is 410 g/mol. The maximum Gasteiger partial charge on any atom is 0.306 e. The molecule has 0 saturated carbocycles. The van der Waals surface area contributed by atoms with Crippen molar-refractivity contribution >= 4 is 46.1 Å². The van der Waals surface area contributed by atoms with Crippen molar-refractivity contribution in [2.75, 3.05) is 32.1 Å². The lowest BCUT2D eigenvalue weighted by molar-refractivity contribution is -0.148. The lowest BCUT2D eigenvalue weighted by Crippen LogP contribution is -2.38. The Kier molecular flexibility index (Phi) is 8.53. The summed E-state index contributed by atoms with van der Waals surface area (Å²) in [5, 5.41) is 2.61. The first-order valence-corrected chi connectivity index (χ1v) is 10.0. The molecule has 0 aliphatic carbocycles. The number of hydrogen-bond acceptors (Lipinski definition) is 7. The van der Waals surface area contributed by atoms with Gasteiger partial charge in [-0.2, -0.15) is 0 Å². The van der Waals surface area contributed by atoms with E-state index in [1.54, 1.807) is 0 Å². The van der Waals surface area contributed by atoms with Gasteiger partial charge in [-0.05, 0) is 25.0 Å². The Hall–Kier alpha value is -2.13. The third kappa shape index (κ3) is 6.84. The van der Waals surface area contributed by atoms with E-state index in [2.05, 4.69) is 5.32 Å². The summed E-state index contributed by atoms with van der Waals surface area (Å²) in [5.41, 5.74) is 0.921. The number of nitrogens with zero attached hydrogens (tertiary/aromatic N) is 1. The van der Waals surface area contributed by atoms with Gasteiger partial charge in [0.15, 0.2) is 6.61 Å². The second-order valence-corrected chi connectivity index (χ2v) is 7.26. The fourth-order valence-electron chi connectivity index (χ4n) is 2.42. The minimum atomic E-state index is -0.455. The molecule has 1 N–H and O–H groups in total. The first-order valence-electron chi connectivity index (χ1n) is 8.61. The van der Waals surface area contributed by atoms with Gasteiger partial charge in [0.2, 0.25) is 5.91 Å². The van der Waals surface area contributed by atoms with Gasteiger partial charge in [-0.3, -0.25) is 19.3 Å². The van der Waals surface area contributed by atoms with Gasteiger partial charge in [-0.25, -0.2) is 0 Å². The summed E-state index contributed by atoms with van der Waals surface area (Å²) in [7, 11) is 0. The van der Waals surface area contributed by atoms with Crippen LogP contribution in [0.25, 0.3) is 0 Å². The van der Waals surface area contributed by atoms with Gasteiger partial charge in [-0.15, -0.1) is 0 Å². The number of nitrogens with one attached hydrogen (secondary N) is 1. The molecule has 1 aliphatic heterocycles. The summed E-state index contributed by atoms with van der Waals surface area (Å²) in [6.45, 7) is 2.67. The lowest BCUT2D eigenvalue weighted by Gasteiger charge is -2.15. The smallest absolute Gasteiger partial charge is 0.306 e. The number of amides is 2. The van der Waals surface area contributed by atoms with E-state index in [0.717, 1.165) is 11.3 Å². The van der Waals surface area contributed by atoms with Gasteiger partial charge in [0.25, 0.3) is 5.91 Å². The van der Waals surface area contributed by atoms with E-state index in [-0.39, 0.29) is 25.5 Å². The van der Waals surface area contributed by atoms with Crippen LogP contribution in [-0.4, -0.2) is 59.1 Å². The summed E-state index contributed by atoms with van der Waals surface area (Å²) >= 11 is 6.36. The minimum Gasteiger partial charge on any atom is -0.494 e. The minimum absolute atomic E-state index is 0.0574. The predicted molar refractivity (Wildman–Crippen MR) is 107 cm³/mol. The van der Waals surface area contributed by atoms with Crippen molar-refractivity contribution in [3.8, 4) is 5.75 Å². The maximum atomic E-state index is 11.8. The highest BCUT2D eigenvalue weighted by Crippen LogP contribution is 2.20. The molecule has 1 heterocycles. The fraction of sp³-hybridized carbons (Fsp3) is 0.444. The van der Waals surface area contributed by atoms with E-state index >= 15 is 0 Å². The van der Waals surface area contributed by atoms with Crippen molar-refractivity contribution in [3.63, 3.8) is 0 Å². The SMILES string of the molecule is CCOc1ccccc1CCC(=O)OCC(=O)NCCN1C(=O)CSC1=S. The Morgan fingerprint density at radius 1 is 1.33 bits per heavy atom. The number of carbonyl (C=O) groups is 3. The molecule has 2 rings (SSSR count). The van der Waals surface area contributed by atoms with Crippen molar-refractivity contribution in [1.29, 1.82) is 0 Å². The number of thioether (sulfide) groups is 1. The largest absolute Gasteiger partial charge is 0.494 e. The van der Waals surface area contributed by atoms with E-state index < -0.39 is 11.9 Å². The standard InChI is InChI=1S/C18H22N2O5S2/c1-2-24-14-6-4-3-5-13(14)7-8-17(23)25-11-15(21)19-9-10-20-16(22)12-27-18(20)26/h3-6H,2,7-12H2,1H3,(H,19,21). The Morgan fingerprint density at radius 2 is 2.11 bits per heavy atom. The molecule has 2 amide bonds. The molecule has 7 nitrogen and oxygen atoms in total. The molecule has 0 atom stereocenters. The van der Waals surface area contributed by atoms with Gasteiger partial charge in [0, 0.05) is 19.5 Å². The summed E-state index contributed by atoms with van der Waals surface area (Å²) in [5.74, 6) is 0.166. The van der Waals surface area contributed by atoms with Crippen LogP contribution in [0, 0.1) is 0 Å². The van der Waals surface area contributed by atoms with Crippen LogP contribution in [0.3, 0.4) is 0 Å². The van der Waals surface area contributed by atoms with E-state index in [0.29, 0.717) is 29.6 Å². The topological polar surface area (TPSA) is 84.9 Å². The highest BCUT2D eigenvalue weighted by atomic mass is 32.2. The normalized spacial score (nSPS) is 13.6. The molecule has 1 fully saturated rings. The molecule has 0 aromatic heterocycles. The summed E-state index contributed by atoms with van der Waals surface area (Å²) in [4.78, 5) is 36.6. The van der Waals surface area contributed by atoms with Gasteiger partial charge < -0.3 is 14.8 Å². The number of benzene rings is 1. The molecule has 1 saturated heterocycles. The van der Waals surface area contributed by atoms with Crippen LogP contribution in [-0.2, 0) is 25.5 Å². The molecular formula is C18H22N2O5S2. The van der Waals surface area contributed by atoms with Crippen LogP contribution >= 0.6 is 24.0 Å². The number of hydrogen-bond donors (Lipinski definition) is 1. The number of esters is 1. The van der Waals surface area contributed by atoms with Crippen molar-refractivity contribution in [2.45, 2.75) is 19.8 Å². The van der Waals surface area contributed by atoms with Crippen molar-refractivity contribution in [3.05, 3.63) is 29.8 Å². The third-order valence-electron chi connectivity index (χ3n) is 3.73. The van der Waals surface area contributed by atoms with Crippen LogP contribution < -0.4 is 10.1 Å². The molecule has 0 unspecified atom stereocenters. The zero-order chi connectivity index (χ0) is 19.6. The van der Waals surface area contributed by atoms with Crippen molar-refractivity contribution < 1.29 is 23.9 Å². The molecule has 0 spiro atoms. The van der Waals surface area contributed by atoms with E-state index in [9.17, 15) is 14.4 Å². The lowest BCUT2D eigenvalue weighted by atomic mass is 10.1. The number of para-hydroxylation sites is 1. The highest BCUT2D eigenvalue weighted by molar-refractivity contribution is 8.23. The molecule has 9 heteroatoms. The number of rotatable bonds is 10. The Morgan fingerprint density at radius 3 is 2.81 bits per heavy atom. The van der Waals surface area contributed by atoms with Gasteiger partial charge in [0.05, 0.1) is 12.4 Å². The van der Waals surface area contributed by atoms with Crippen molar-refractivity contribution in [2.24, 2.45) is 0 Å². The van der Waals surface area contributed by atoms with Gasteiger partial charge >= 0.3 is 5.97 Å². The molecule has 1 aromatic rings. The van der Waals surface area contributed by atoms with Crippen LogP contribution in [0.15, 0.2) is 24.3 Å². The number of thiocarbonyl (C=S) groups is 1. The molecule has 0 radical (unpaired) electrons. The van der Waals surface area contributed by atoms with Crippen LogP contribution in [0.1, 0.15) is 18.9 Å². The van der Waals surface area contributed by atoms with Crippen LogP contribution in [0.5, 0.6) is 5.75 Å². The quantitative estimate of drug-likeness (QED) is 0.463. The molecular weight excluding hydrogens is 388 g/mol. The molecule has 1 aromatic carbocycles. The Balaban J connectivity index is 1.64. The Bertz CT molecular complexity index is 695. The first-order chi connectivity index (χ1) is 13.0. The fourth-order valence-corrected chi connectivity index (χ4v) is 3.54. The Labute approximate surface area is 167 Å². The summed E-state index contributed by atoms with van der Waals surface area (Å²) in [6.07, 6.45) is 0.633. The van der Waals surface area contributed by atoms with Gasteiger partial charge in [-0.1, -0.05) is 42.2 Å². The number of ether oxygens (including phenoxy) is 2. The first kappa shape index (κ1) is 21.2. The van der Waals surface area contributed by atoms with E-state index in [1.165, 1.54) is 16.7 Å².